The summed E-state index contributed by atoms with van der Waals surface area (Å²) in [5.41, 5.74) is 3.64. The van der Waals surface area contributed by atoms with Gasteiger partial charge >= 0.3 is 0 Å². The number of benzene rings is 1. The summed E-state index contributed by atoms with van der Waals surface area (Å²) in [6.45, 7) is 1.72. The first-order valence-corrected chi connectivity index (χ1v) is 5.39. The maximum absolute atomic E-state index is 6.19. The van der Waals surface area contributed by atoms with Gasteiger partial charge in [-0.25, -0.2) is 0 Å². The fourth-order valence-electron chi connectivity index (χ4n) is 2.06. The summed E-state index contributed by atoms with van der Waals surface area (Å²) < 4.78 is 2.20. The number of nitrogens with one attached hydrogen (secondary N) is 1. The highest BCUT2D eigenvalue weighted by atomic mass is 35.5. The second kappa shape index (κ2) is 3.40. The maximum Gasteiger partial charge on any atom is 0.0512 e. The van der Waals surface area contributed by atoms with Crippen LogP contribution >= 0.6 is 11.6 Å². The first-order valence-electron chi connectivity index (χ1n) is 5.01. The fraction of sp³-hybridized carbons (Fsp3) is 0.167. The minimum absolute atomic E-state index is 0.830. The van der Waals surface area contributed by atoms with Crippen molar-refractivity contribution in [2.24, 2.45) is 0 Å². The summed E-state index contributed by atoms with van der Waals surface area (Å²) in [7, 11) is 0. The van der Waals surface area contributed by atoms with Crippen molar-refractivity contribution in [3.8, 4) is 5.69 Å². The quantitative estimate of drug-likeness (QED) is 0.720. The average molecular weight is 219 g/mol. The van der Waals surface area contributed by atoms with Crippen LogP contribution in [0, 0.1) is 0 Å². The molecule has 0 saturated heterocycles. The normalized spacial score (nSPS) is 14.2. The minimum atomic E-state index is 0.830. The first-order chi connectivity index (χ1) is 7.36. The van der Waals surface area contributed by atoms with E-state index in [0.717, 1.165) is 18.1 Å². The lowest BCUT2D eigenvalue weighted by molar-refractivity contribution is 0.693. The molecule has 76 valence electrons. The molecule has 0 atom stereocenters. The van der Waals surface area contributed by atoms with Crippen LogP contribution in [0.3, 0.4) is 0 Å². The Morgan fingerprint density at radius 2 is 2.07 bits per heavy atom. The molecule has 0 spiro atoms. The van der Waals surface area contributed by atoms with Crippen LogP contribution in [0.25, 0.3) is 5.69 Å². The van der Waals surface area contributed by atoms with Crippen molar-refractivity contribution in [3.63, 3.8) is 0 Å². The highest BCUT2D eigenvalue weighted by Gasteiger charge is 2.14. The molecule has 3 heteroatoms. The van der Waals surface area contributed by atoms with Gasteiger partial charge in [0.05, 0.1) is 5.69 Å². The Bertz CT molecular complexity index is 502. The maximum atomic E-state index is 6.19. The molecule has 0 bridgehead atoms. The number of rotatable bonds is 0. The summed E-state index contributed by atoms with van der Waals surface area (Å²) >= 11 is 6.19. The monoisotopic (exact) mass is 218 g/mol. The third-order valence-corrected chi connectivity index (χ3v) is 3.15. The SMILES string of the molecule is Clc1cccc2c1CNCc1cccn1-2. The summed E-state index contributed by atoms with van der Waals surface area (Å²) in [5, 5.41) is 4.22. The summed E-state index contributed by atoms with van der Waals surface area (Å²) in [6, 6.07) is 10.2. The zero-order valence-corrected chi connectivity index (χ0v) is 8.96. The molecule has 1 aromatic carbocycles. The Morgan fingerprint density at radius 1 is 1.13 bits per heavy atom. The van der Waals surface area contributed by atoms with E-state index in [0.29, 0.717) is 0 Å². The average Bonchev–Trinajstić information content (AvgIpc) is 2.62. The first kappa shape index (κ1) is 9.01. The number of fused-ring (bicyclic) bond motifs is 3. The van der Waals surface area contributed by atoms with Crippen molar-refractivity contribution in [1.82, 2.24) is 9.88 Å². The number of hydrogen-bond acceptors (Lipinski definition) is 1. The predicted molar refractivity (Wildman–Crippen MR) is 61.3 cm³/mol. The van der Waals surface area contributed by atoms with Gasteiger partial charge in [-0.15, -0.1) is 0 Å². The summed E-state index contributed by atoms with van der Waals surface area (Å²) in [5.74, 6) is 0. The zero-order valence-electron chi connectivity index (χ0n) is 8.20. The highest BCUT2D eigenvalue weighted by Crippen LogP contribution is 2.26. The molecule has 1 aromatic heterocycles. The molecule has 1 aliphatic rings. The van der Waals surface area contributed by atoms with Gasteiger partial charge in [-0.1, -0.05) is 17.7 Å². The van der Waals surface area contributed by atoms with Gasteiger partial charge in [-0.05, 0) is 24.3 Å². The highest BCUT2D eigenvalue weighted by molar-refractivity contribution is 6.31. The Morgan fingerprint density at radius 3 is 3.00 bits per heavy atom. The van der Waals surface area contributed by atoms with E-state index in [4.69, 9.17) is 11.6 Å². The van der Waals surface area contributed by atoms with Gasteiger partial charge in [0.15, 0.2) is 0 Å². The molecule has 0 radical (unpaired) electrons. The van der Waals surface area contributed by atoms with Crippen LogP contribution in [-0.4, -0.2) is 4.57 Å². The standard InChI is InChI=1S/C12H11ClN2/c13-11-4-1-5-12-10(11)8-14-7-9-3-2-6-15(9)12/h1-6,14H,7-8H2. The van der Waals surface area contributed by atoms with Gasteiger partial charge in [0, 0.05) is 35.6 Å². The molecule has 1 N–H and O–H groups in total. The van der Waals surface area contributed by atoms with Crippen LogP contribution in [-0.2, 0) is 13.1 Å². The Labute approximate surface area is 93.5 Å². The van der Waals surface area contributed by atoms with E-state index in [1.807, 2.05) is 12.1 Å². The lowest BCUT2D eigenvalue weighted by Gasteiger charge is -2.10. The minimum Gasteiger partial charge on any atom is -0.319 e. The molecule has 0 aliphatic carbocycles. The van der Waals surface area contributed by atoms with E-state index in [2.05, 4.69) is 34.3 Å². The van der Waals surface area contributed by atoms with Gasteiger partial charge in [-0.3, -0.25) is 0 Å². The summed E-state index contributed by atoms with van der Waals surface area (Å²) in [4.78, 5) is 0. The third-order valence-electron chi connectivity index (χ3n) is 2.79. The smallest absolute Gasteiger partial charge is 0.0512 e. The van der Waals surface area contributed by atoms with E-state index in [9.17, 15) is 0 Å². The van der Waals surface area contributed by atoms with E-state index in [-0.39, 0.29) is 0 Å². The number of nitrogens with zero attached hydrogens (tertiary/aromatic N) is 1. The fourth-order valence-corrected chi connectivity index (χ4v) is 2.30. The van der Waals surface area contributed by atoms with E-state index < -0.39 is 0 Å². The zero-order chi connectivity index (χ0) is 10.3. The van der Waals surface area contributed by atoms with Crippen LogP contribution in [0.2, 0.25) is 5.02 Å². The molecule has 0 saturated carbocycles. The van der Waals surface area contributed by atoms with E-state index in [1.165, 1.54) is 16.9 Å². The van der Waals surface area contributed by atoms with Gasteiger partial charge < -0.3 is 9.88 Å². The van der Waals surface area contributed by atoms with Crippen LogP contribution in [0.15, 0.2) is 36.5 Å². The van der Waals surface area contributed by atoms with E-state index >= 15 is 0 Å². The van der Waals surface area contributed by atoms with Crippen molar-refractivity contribution >= 4 is 11.6 Å². The topological polar surface area (TPSA) is 17.0 Å². The molecule has 2 heterocycles. The van der Waals surface area contributed by atoms with Gasteiger partial charge in [0.25, 0.3) is 0 Å². The third kappa shape index (κ3) is 1.37. The molecule has 1 aliphatic heterocycles. The lowest BCUT2D eigenvalue weighted by Crippen LogP contribution is -2.10. The number of aromatic nitrogens is 1. The molecular formula is C12H11ClN2. The van der Waals surface area contributed by atoms with Crippen molar-refractivity contribution in [2.45, 2.75) is 13.1 Å². The van der Waals surface area contributed by atoms with Crippen LogP contribution in [0.5, 0.6) is 0 Å². The summed E-state index contributed by atoms with van der Waals surface area (Å²) in [6.07, 6.45) is 2.08. The molecule has 0 amide bonds. The van der Waals surface area contributed by atoms with Crippen molar-refractivity contribution in [3.05, 3.63) is 52.8 Å². The number of halogens is 1. The van der Waals surface area contributed by atoms with Gasteiger partial charge in [-0.2, -0.15) is 0 Å². The lowest BCUT2D eigenvalue weighted by atomic mass is 10.2. The predicted octanol–water partition coefficient (Wildman–Crippen LogP) is 2.73. The van der Waals surface area contributed by atoms with Crippen molar-refractivity contribution in [1.29, 1.82) is 0 Å². The van der Waals surface area contributed by atoms with Crippen molar-refractivity contribution in [2.75, 3.05) is 0 Å². The van der Waals surface area contributed by atoms with Gasteiger partial charge in [0.2, 0.25) is 0 Å². The second-order valence-corrected chi connectivity index (χ2v) is 4.12. The molecule has 2 aromatic rings. The Balaban J connectivity index is 2.29. The largest absolute Gasteiger partial charge is 0.319 e. The Kier molecular flexibility index (Phi) is 2.04. The molecule has 0 fully saturated rings. The second-order valence-electron chi connectivity index (χ2n) is 3.71. The molecular weight excluding hydrogens is 208 g/mol. The molecule has 15 heavy (non-hydrogen) atoms. The Hall–Kier alpha value is -1.25. The number of hydrogen-bond donors (Lipinski definition) is 1. The van der Waals surface area contributed by atoms with Gasteiger partial charge in [0.1, 0.15) is 0 Å². The van der Waals surface area contributed by atoms with Crippen LogP contribution in [0.1, 0.15) is 11.3 Å². The molecule has 2 nitrogen and oxygen atoms in total. The molecule has 0 unspecified atom stereocenters. The van der Waals surface area contributed by atoms with E-state index in [1.54, 1.807) is 0 Å². The van der Waals surface area contributed by atoms with Crippen LogP contribution in [0.4, 0.5) is 0 Å². The van der Waals surface area contributed by atoms with Crippen LogP contribution < -0.4 is 5.32 Å². The molecule has 3 rings (SSSR count). The van der Waals surface area contributed by atoms with Crippen molar-refractivity contribution < 1.29 is 0 Å².